The summed E-state index contributed by atoms with van der Waals surface area (Å²) in [5, 5.41) is 10.1. The van der Waals surface area contributed by atoms with E-state index in [1.807, 2.05) is 6.07 Å². The van der Waals surface area contributed by atoms with E-state index < -0.39 is 20.6 Å². The van der Waals surface area contributed by atoms with E-state index in [-0.39, 0.29) is 17.3 Å². The predicted molar refractivity (Wildman–Crippen MR) is 103 cm³/mol. The van der Waals surface area contributed by atoms with E-state index in [1.54, 1.807) is 12.1 Å². The monoisotopic (exact) mass is 430 g/mol. The minimum absolute atomic E-state index is 0.193. The van der Waals surface area contributed by atoms with Crippen molar-refractivity contribution in [3.63, 3.8) is 0 Å². The second-order valence-electron chi connectivity index (χ2n) is 8.55. The molecule has 3 aliphatic carbocycles. The second kappa shape index (κ2) is 6.66. The molecule has 28 heavy (non-hydrogen) atoms. The topological polar surface area (TPSA) is 139 Å². The molecular formula is C18H26N2O6S2. The lowest BCUT2D eigenvalue weighted by atomic mass is 9.55. The van der Waals surface area contributed by atoms with Crippen molar-refractivity contribution in [1.29, 1.82) is 0 Å². The molecule has 1 aromatic rings. The van der Waals surface area contributed by atoms with Gasteiger partial charge in [-0.15, -0.1) is 0 Å². The number of nitrogens with two attached hydrogens (primary N) is 2. The fraction of sp³-hybridized carbons (Fsp3) is 0.667. The van der Waals surface area contributed by atoms with E-state index in [4.69, 9.17) is 18.6 Å². The molecular weight excluding hydrogens is 404 g/mol. The summed E-state index contributed by atoms with van der Waals surface area (Å²) in [6, 6.07) is 5.37. The van der Waals surface area contributed by atoms with Crippen LogP contribution in [0.2, 0.25) is 0 Å². The highest BCUT2D eigenvalue weighted by molar-refractivity contribution is 7.84. The van der Waals surface area contributed by atoms with Gasteiger partial charge in [0.05, 0.1) is 6.10 Å². The van der Waals surface area contributed by atoms with Crippen LogP contribution in [0.15, 0.2) is 18.2 Å². The number of rotatable bonds is 4. The quantitative estimate of drug-likeness (QED) is 0.745. The van der Waals surface area contributed by atoms with Crippen molar-refractivity contribution in [2.24, 2.45) is 27.5 Å². The zero-order valence-electron chi connectivity index (χ0n) is 15.7. The summed E-state index contributed by atoms with van der Waals surface area (Å²) in [7, 11) is -8.01. The first-order valence-corrected chi connectivity index (χ1v) is 12.5. The summed E-state index contributed by atoms with van der Waals surface area (Å²) in [6.45, 7) is 2.13. The third kappa shape index (κ3) is 3.68. The fourth-order valence-electron chi connectivity index (χ4n) is 6.02. The van der Waals surface area contributed by atoms with Crippen LogP contribution < -0.4 is 14.5 Å². The minimum atomic E-state index is -4.04. The highest BCUT2D eigenvalue weighted by Crippen LogP contribution is 2.61. The molecule has 0 saturated heterocycles. The average molecular weight is 431 g/mol. The van der Waals surface area contributed by atoms with Gasteiger partial charge in [-0.05, 0) is 85.0 Å². The van der Waals surface area contributed by atoms with Crippen LogP contribution in [-0.2, 0) is 31.2 Å². The predicted octanol–water partition coefficient (Wildman–Crippen LogP) is 1.71. The maximum absolute atomic E-state index is 11.5. The molecule has 5 atom stereocenters. The Morgan fingerprint density at radius 2 is 1.79 bits per heavy atom. The van der Waals surface area contributed by atoms with E-state index in [0.717, 1.165) is 37.7 Å². The molecule has 2 saturated carbocycles. The molecule has 4 N–H and O–H groups in total. The van der Waals surface area contributed by atoms with Crippen molar-refractivity contribution in [2.75, 3.05) is 0 Å². The Hall–Kier alpha value is -1.20. The zero-order valence-corrected chi connectivity index (χ0v) is 17.3. The Kier molecular flexibility index (Phi) is 4.78. The van der Waals surface area contributed by atoms with Gasteiger partial charge in [0.2, 0.25) is 0 Å². The van der Waals surface area contributed by atoms with E-state index in [2.05, 4.69) is 6.92 Å². The lowest BCUT2D eigenvalue weighted by Crippen LogP contribution is -2.45. The van der Waals surface area contributed by atoms with Gasteiger partial charge in [0.1, 0.15) is 5.75 Å². The molecule has 0 bridgehead atoms. The first-order valence-electron chi connectivity index (χ1n) is 9.52. The Morgan fingerprint density at radius 3 is 2.46 bits per heavy atom. The molecule has 2 fully saturated rings. The van der Waals surface area contributed by atoms with Crippen molar-refractivity contribution >= 4 is 20.6 Å². The largest absolute Gasteiger partial charge is 0.380 e. The van der Waals surface area contributed by atoms with Crippen LogP contribution in [0.1, 0.15) is 56.1 Å². The molecule has 0 radical (unpaired) electrons. The van der Waals surface area contributed by atoms with E-state index in [9.17, 15) is 16.8 Å². The van der Waals surface area contributed by atoms with E-state index in [0.29, 0.717) is 24.2 Å². The number of benzene rings is 1. The minimum Gasteiger partial charge on any atom is -0.371 e. The molecule has 10 heteroatoms. The normalized spacial score (nSPS) is 35.0. The van der Waals surface area contributed by atoms with Crippen LogP contribution in [0.3, 0.4) is 0 Å². The SMILES string of the molecule is C[C@]12CCC3c4ccc(OS(N)(=O)=O)cc4CCC3C1CC[C@@H]2OS(N)(=O)=O. The van der Waals surface area contributed by atoms with Crippen LogP contribution >= 0.6 is 0 Å². The summed E-state index contributed by atoms with van der Waals surface area (Å²) >= 11 is 0. The molecule has 4 rings (SSSR count). The Bertz CT molecular complexity index is 993. The zero-order chi connectivity index (χ0) is 20.3. The van der Waals surface area contributed by atoms with Crippen molar-refractivity contribution in [1.82, 2.24) is 0 Å². The van der Waals surface area contributed by atoms with Crippen LogP contribution in [-0.4, -0.2) is 22.9 Å². The van der Waals surface area contributed by atoms with Gasteiger partial charge in [0, 0.05) is 0 Å². The van der Waals surface area contributed by atoms with Crippen LogP contribution in [0.25, 0.3) is 0 Å². The smallest absolute Gasteiger partial charge is 0.371 e. The Balaban J connectivity index is 1.59. The second-order valence-corrected chi connectivity index (χ2v) is 10.9. The lowest BCUT2D eigenvalue weighted by Gasteiger charge is -2.50. The number of aryl methyl sites for hydroxylation is 1. The molecule has 1 aromatic carbocycles. The first-order chi connectivity index (χ1) is 13.0. The third-order valence-corrected chi connectivity index (χ3v) is 8.00. The van der Waals surface area contributed by atoms with Crippen LogP contribution in [0.5, 0.6) is 5.75 Å². The Morgan fingerprint density at radius 1 is 1.04 bits per heavy atom. The van der Waals surface area contributed by atoms with Gasteiger partial charge < -0.3 is 4.18 Å². The first kappa shape index (κ1) is 20.1. The van der Waals surface area contributed by atoms with Crippen molar-refractivity contribution in [3.05, 3.63) is 29.3 Å². The lowest BCUT2D eigenvalue weighted by molar-refractivity contribution is -0.00801. The van der Waals surface area contributed by atoms with Gasteiger partial charge in [-0.3, -0.25) is 4.18 Å². The van der Waals surface area contributed by atoms with E-state index >= 15 is 0 Å². The van der Waals surface area contributed by atoms with Gasteiger partial charge in [-0.25, -0.2) is 5.14 Å². The summed E-state index contributed by atoms with van der Waals surface area (Å²) < 4.78 is 55.4. The maximum atomic E-state index is 11.5. The van der Waals surface area contributed by atoms with Gasteiger partial charge in [0.25, 0.3) is 0 Å². The highest BCUT2D eigenvalue weighted by Gasteiger charge is 2.56. The fourth-order valence-corrected chi connectivity index (χ4v) is 7.03. The van der Waals surface area contributed by atoms with Gasteiger partial charge in [-0.2, -0.15) is 22.0 Å². The third-order valence-electron chi connectivity index (χ3n) is 7.07. The van der Waals surface area contributed by atoms with Crippen molar-refractivity contribution < 1.29 is 25.2 Å². The molecule has 156 valence electrons. The average Bonchev–Trinajstić information content (AvgIpc) is 2.88. The van der Waals surface area contributed by atoms with Gasteiger partial charge in [-0.1, -0.05) is 13.0 Å². The number of hydrogen-bond donors (Lipinski definition) is 2. The van der Waals surface area contributed by atoms with Crippen molar-refractivity contribution in [2.45, 2.75) is 57.5 Å². The molecule has 0 spiro atoms. The van der Waals surface area contributed by atoms with Gasteiger partial charge in [0.15, 0.2) is 0 Å². The highest BCUT2D eigenvalue weighted by atomic mass is 32.2. The summed E-state index contributed by atoms with van der Waals surface area (Å²) in [5.41, 5.74) is 2.14. The molecule has 0 aromatic heterocycles. The summed E-state index contributed by atoms with van der Waals surface area (Å²) in [6.07, 6.45) is 4.87. The molecule has 3 aliphatic rings. The van der Waals surface area contributed by atoms with E-state index in [1.165, 1.54) is 5.56 Å². The van der Waals surface area contributed by atoms with Crippen LogP contribution in [0.4, 0.5) is 0 Å². The summed E-state index contributed by atoms with van der Waals surface area (Å²) in [4.78, 5) is 0. The van der Waals surface area contributed by atoms with Gasteiger partial charge >= 0.3 is 20.6 Å². The molecule has 3 unspecified atom stereocenters. The molecule has 0 amide bonds. The van der Waals surface area contributed by atoms with Crippen molar-refractivity contribution in [3.8, 4) is 5.75 Å². The molecule has 0 heterocycles. The standard InChI is InChI=1S/C18H26N2O6S2/c1-18-9-8-14-13-5-3-12(25-27(19,21)22)10-11(13)2-4-15(14)16(18)6-7-17(18)26-28(20,23)24/h3,5,10,14-17H,2,4,6-9H2,1H3,(H2,19,21,22)(H2,20,23,24)/t14?,15?,16?,17-,18-/m0/s1. The number of fused-ring (bicyclic) bond motifs is 5. The van der Waals surface area contributed by atoms with Crippen LogP contribution in [0, 0.1) is 17.3 Å². The number of hydrogen-bond acceptors (Lipinski definition) is 6. The summed E-state index contributed by atoms with van der Waals surface area (Å²) in [5.74, 6) is 1.44. The molecule has 8 nitrogen and oxygen atoms in total. The maximum Gasteiger partial charge on any atom is 0.380 e. The Labute approximate surface area is 166 Å². The molecule has 0 aliphatic heterocycles.